The molecule has 2 aromatic carbocycles. The van der Waals surface area contributed by atoms with Crippen molar-refractivity contribution in [3.63, 3.8) is 0 Å². The van der Waals surface area contributed by atoms with Gasteiger partial charge in [0, 0.05) is 12.1 Å². The molecule has 1 aliphatic heterocycles. The SMILES string of the molecule is COc1ccccc1C(CNC(=O)C1COc2ccccc2C1)N(C)C. The number of rotatable bonds is 6. The second-order valence-corrected chi connectivity index (χ2v) is 6.79. The van der Waals surface area contributed by atoms with E-state index in [4.69, 9.17) is 9.47 Å². The van der Waals surface area contributed by atoms with Crippen molar-refractivity contribution in [2.24, 2.45) is 5.92 Å². The van der Waals surface area contributed by atoms with Crippen LogP contribution in [0.5, 0.6) is 11.5 Å². The van der Waals surface area contributed by atoms with Gasteiger partial charge < -0.3 is 19.7 Å². The van der Waals surface area contributed by atoms with Crippen molar-refractivity contribution >= 4 is 5.91 Å². The molecule has 0 spiro atoms. The van der Waals surface area contributed by atoms with Crippen LogP contribution in [0.25, 0.3) is 0 Å². The Bertz CT molecular complexity index is 760. The van der Waals surface area contributed by atoms with Crippen LogP contribution in [-0.4, -0.2) is 45.2 Å². The number of ether oxygens (including phenoxy) is 2. The third-order valence-corrected chi connectivity index (χ3v) is 4.84. The van der Waals surface area contributed by atoms with Crippen molar-refractivity contribution < 1.29 is 14.3 Å². The molecule has 2 aromatic rings. The second-order valence-electron chi connectivity index (χ2n) is 6.79. The zero-order valence-electron chi connectivity index (χ0n) is 15.6. The first kappa shape index (κ1) is 18.3. The van der Waals surface area contributed by atoms with Gasteiger partial charge in [-0.1, -0.05) is 36.4 Å². The van der Waals surface area contributed by atoms with Gasteiger partial charge in [0.05, 0.1) is 19.1 Å². The normalized spacial score (nSPS) is 17.2. The molecule has 0 fully saturated rings. The van der Waals surface area contributed by atoms with Crippen molar-refractivity contribution in [2.75, 3.05) is 34.4 Å². The third-order valence-electron chi connectivity index (χ3n) is 4.84. The first-order valence-corrected chi connectivity index (χ1v) is 8.88. The fraction of sp³-hybridized carbons (Fsp3) is 0.381. The summed E-state index contributed by atoms with van der Waals surface area (Å²) in [6, 6.07) is 15.9. The number of benzene rings is 2. The lowest BCUT2D eigenvalue weighted by atomic mass is 9.96. The lowest BCUT2D eigenvalue weighted by molar-refractivity contribution is -0.126. The monoisotopic (exact) mass is 354 g/mol. The molecule has 0 saturated heterocycles. The van der Waals surface area contributed by atoms with E-state index >= 15 is 0 Å². The van der Waals surface area contributed by atoms with E-state index in [9.17, 15) is 4.79 Å². The van der Waals surface area contributed by atoms with E-state index in [0.29, 0.717) is 19.6 Å². The number of hydrogen-bond donors (Lipinski definition) is 1. The van der Waals surface area contributed by atoms with Gasteiger partial charge in [-0.2, -0.15) is 0 Å². The summed E-state index contributed by atoms with van der Waals surface area (Å²) in [7, 11) is 5.67. The van der Waals surface area contributed by atoms with Crippen molar-refractivity contribution in [3.8, 4) is 11.5 Å². The number of carbonyl (C=O) groups excluding carboxylic acids is 1. The summed E-state index contributed by atoms with van der Waals surface area (Å²) in [6.07, 6.45) is 0.712. The average molecular weight is 354 g/mol. The van der Waals surface area contributed by atoms with Crippen LogP contribution < -0.4 is 14.8 Å². The minimum atomic E-state index is -0.162. The number of para-hydroxylation sites is 2. The van der Waals surface area contributed by atoms with E-state index in [1.807, 2.05) is 62.6 Å². The fourth-order valence-electron chi connectivity index (χ4n) is 3.35. The molecule has 0 bridgehead atoms. The maximum atomic E-state index is 12.7. The number of carbonyl (C=O) groups is 1. The van der Waals surface area contributed by atoms with Crippen LogP contribution in [0, 0.1) is 5.92 Å². The van der Waals surface area contributed by atoms with Gasteiger partial charge in [0.25, 0.3) is 0 Å². The van der Waals surface area contributed by atoms with Gasteiger partial charge in [-0.15, -0.1) is 0 Å². The summed E-state index contributed by atoms with van der Waals surface area (Å²) in [4.78, 5) is 14.8. The first-order valence-electron chi connectivity index (χ1n) is 8.88. The van der Waals surface area contributed by atoms with E-state index in [0.717, 1.165) is 22.6 Å². The minimum absolute atomic E-state index is 0.0289. The molecule has 2 unspecified atom stereocenters. The Hall–Kier alpha value is -2.53. The van der Waals surface area contributed by atoms with E-state index in [1.54, 1.807) is 7.11 Å². The van der Waals surface area contributed by atoms with E-state index in [-0.39, 0.29) is 17.9 Å². The van der Waals surface area contributed by atoms with Crippen LogP contribution in [0.3, 0.4) is 0 Å². The van der Waals surface area contributed by atoms with Crippen LogP contribution >= 0.6 is 0 Å². The molecular formula is C21H26N2O3. The highest BCUT2D eigenvalue weighted by Crippen LogP contribution is 2.29. The fourth-order valence-corrected chi connectivity index (χ4v) is 3.35. The van der Waals surface area contributed by atoms with Gasteiger partial charge in [-0.3, -0.25) is 4.79 Å². The maximum Gasteiger partial charge on any atom is 0.226 e. The molecule has 5 nitrogen and oxygen atoms in total. The number of fused-ring (bicyclic) bond motifs is 1. The average Bonchev–Trinajstić information content (AvgIpc) is 2.67. The van der Waals surface area contributed by atoms with Gasteiger partial charge in [0.1, 0.15) is 18.1 Å². The molecule has 0 radical (unpaired) electrons. The van der Waals surface area contributed by atoms with Crippen LogP contribution in [0.4, 0.5) is 0 Å². The van der Waals surface area contributed by atoms with E-state index in [2.05, 4.69) is 10.2 Å². The summed E-state index contributed by atoms with van der Waals surface area (Å²) >= 11 is 0. The van der Waals surface area contributed by atoms with Gasteiger partial charge in [-0.05, 0) is 38.2 Å². The summed E-state index contributed by atoms with van der Waals surface area (Å²) in [5, 5.41) is 3.10. The topological polar surface area (TPSA) is 50.8 Å². The number of hydrogen-bond acceptors (Lipinski definition) is 4. The number of nitrogens with zero attached hydrogens (tertiary/aromatic N) is 1. The highest BCUT2D eigenvalue weighted by atomic mass is 16.5. The third kappa shape index (κ3) is 3.99. The highest BCUT2D eigenvalue weighted by molar-refractivity contribution is 5.79. The standard InChI is InChI=1S/C21H26N2O3/c1-23(2)18(17-9-5-7-11-20(17)25-3)13-22-21(24)16-12-15-8-4-6-10-19(15)26-14-16/h4-11,16,18H,12-14H2,1-3H3,(H,22,24). The van der Waals surface area contributed by atoms with Gasteiger partial charge in [0.15, 0.2) is 0 Å². The smallest absolute Gasteiger partial charge is 0.226 e. The highest BCUT2D eigenvalue weighted by Gasteiger charge is 2.27. The number of nitrogens with one attached hydrogen (secondary N) is 1. The summed E-state index contributed by atoms with van der Waals surface area (Å²) in [6.45, 7) is 0.939. The molecule has 5 heteroatoms. The van der Waals surface area contributed by atoms with Crippen LogP contribution in [-0.2, 0) is 11.2 Å². The Kier molecular flexibility index (Phi) is 5.78. The van der Waals surface area contributed by atoms with Crippen molar-refractivity contribution in [1.82, 2.24) is 10.2 Å². The Morgan fingerprint density at radius 3 is 2.73 bits per heavy atom. The predicted octanol–water partition coefficient (Wildman–Crippen LogP) is 2.67. The van der Waals surface area contributed by atoms with Gasteiger partial charge >= 0.3 is 0 Å². The number of methoxy groups -OCH3 is 1. The lowest BCUT2D eigenvalue weighted by Gasteiger charge is -2.28. The molecule has 26 heavy (non-hydrogen) atoms. The zero-order valence-corrected chi connectivity index (χ0v) is 15.6. The summed E-state index contributed by atoms with van der Waals surface area (Å²) in [5.74, 6) is 1.58. The Morgan fingerprint density at radius 1 is 1.23 bits per heavy atom. The summed E-state index contributed by atoms with van der Waals surface area (Å²) < 4.78 is 11.2. The van der Waals surface area contributed by atoms with Crippen molar-refractivity contribution in [1.29, 1.82) is 0 Å². The van der Waals surface area contributed by atoms with E-state index < -0.39 is 0 Å². The molecule has 0 saturated carbocycles. The number of amides is 1. The maximum absolute atomic E-state index is 12.7. The van der Waals surface area contributed by atoms with Crippen molar-refractivity contribution in [2.45, 2.75) is 12.5 Å². The quantitative estimate of drug-likeness (QED) is 0.867. The molecule has 1 amide bonds. The summed E-state index contributed by atoms with van der Waals surface area (Å²) in [5.41, 5.74) is 2.15. The Morgan fingerprint density at radius 2 is 1.96 bits per heavy atom. The van der Waals surface area contributed by atoms with Crippen LogP contribution in [0.2, 0.25) is 0 Å². The molecule has 1 aliphatic rings. The Labute approximate surface area is 154 Å². The number of likely N-dealkylation sites (N-methyl/N-ethyl adjacent to an activating group) is 1. The molecular weight excluding hydrogens is 328 g/mol. The van der Waals surface area contributed by atoms with Crippen LogP contribution in [0.15, 0.2) is 48.5 Å². The molecule has 0 aromatic heterocycles. The zero-order chi connectivity index (χ0) is 18.5. The molecule has 3 rings (SSSR count). The second kappa shape index (κ2) is 8.23. The van der Waals surface area contributed by atoms with Crippen LogP contribution in [0.1, 0.15) is 17.2 Å². The predicted molar refractivity (Wildman–Crippen MR) is 102 cm³/mol. The van der Waals surface area contributed by atoms with Gasteiger partial charge in [0.2, 0.25) is 5.91 Å². The van der Waals surface area contributed by atoms with Gasteiger partial charge in [-0.25, -0.2) is 0 Å². The molecule has 1 heterocycles. The first-order chi connectivity index (χ1) is 12.6. The van der Waals surface area contributed by atoms with Crippen molar-refractivity contribution in [3.05, 3.63) is 59.7 Å². The molecule has 2 atom stereocenters. The molecule has 1 N–H and O–H groups in total. The lowest BCUT2D eigenvalue weighted by Crippen LogP contribution is -2.41. The largest absolute Gasteiger partial charge is 0.496 e. The molecule has 0 aliphatic carbocycles. The van der Waals surface area contributed by atoms with E-state index in [1.165, 1.54) is 0 Å². The Balaban J connectivity index is 1.66. The molecule has 138 valence electrons. The minimum Gasteiger partial charge on any atom is -0.496 e.